The van der Waals surface area contributed by atoms with Crippen molar-refractivity contribution in [1.82, 2.24) is 4.98 Å². The van der Waals surface area contributed by atoms with Crippen LogP contribution in [0.15, 0.2) is 48.5 Å². The van der Waals surface area contributed by atoms with E-state index in [1.165, 1.54) is 18.2 Å². The Morgan fingerprint density at radius 3 is 2.62 bits per heavy atom. The van der Waals surface area contributed by atoms with E-state index in [0.29, 0.717) is 22.5 Å². The lowest BCUT2D eigenvalue weighted by Crippen LogP contribution is -2.52. The molecule has 1 aromatic heterocycles. The van der Waals surface area contributed by atoms with Crippen LogP contribution in [-0.4, -0.2) is 28.5 Å². The van der Waals surface area contributed by atoms with Gasteiger partial charge in [-0.2, -0.15) is 13.2 Å². The number of para-hydroxylation sites is 1. The first-order valence-electron chi connectivity index (χ1n) is 9.38. The summed E-state index contributed by atoms with van der Waals surface area (Å²) in [5, 5.41) is 11.6. The predicted octanol–water partition coefficient (Wildman–Crippen LogP) is 5.27. The van der Waals surface area contributed by atoms with Gasteiger partial charge in [0, 0.05) is 28.6 Å². The van der Waals surface area contributed by atoms with Gasteiger partial charge in [-0.3, -0.25) is 0 Å². The molecule has 0 saturated carbocycles. The smallest absolute Gasteiger partial charge is 0.417 e. The Balaban J connectivity index is 1.72. The lowest BCUT2D eigenvalue weighted by Gasteiger charge is -2.42. The number of H-pyrrole nitrogens is 1. The van der Waals surface area contributed by atoms with Crippen molar-refractivity contribution >= 4 is 10.9 Å². The Morgan fingerprint density at radius 2 is 1.90 bits per heavy atom. The minimum atomic E-state index is -4.86. The van der Waals surface area contributed by atoms with Gasteiger partial charge in [-0.1, -0.05) is 25.1 Å². The van der Waals surface area contributed by atoms with Gasteiger partial charge >= 0.3 is 6.18 Å². The highest BCUT2D eigenvalue weighted by Gasteiger charge is 2.57. The molecule has 0 amide bonds. The maximum absolute atomic E-state index is 14.1. The average molecular weight is 407 g/mol. The zero-order chi connectivity index (χ0) is 20.9. The number of benzene rings is 2. The molecule has 0 bridgehead atoms. The van der Waals surface area contributed by atoms with Crippen molar-refractivity contribution in [3.05, 3.63) is 65.6 Å². The van der Waals surface area contributed by atoms with Gasteiger partial charge in [0.2, 0.25) is 0 Å². The molecule has 7 heteroatoms. The van der Waals surface area contributed by atoms with Crippen LogP contribution in [0.1, 0.15) is 31.0 Å². The largest absolute Gasteiger partial charge is 0.493 e. The molecule has 29 heavy (non-hydrogen) atoms. The summed E-state index contributed by atoms with van der Waals surface area (Å²) in [6.45, 7) is 1.82. The summed E-state index contributed by atoms with van der Waals surface area (Å²) in [6, 6.07) is 12.6. The van der Waals surface area contributed by atoms with Gasteiger partial charge in [0.05, 0.1) is 6.61 Å². The molecule has 1 aliphatic rings. The van der Waals surface area contributed by atoms with Gasteiger partial charge in [-0.05, 0) is 48.6 Å². The molecule has 1 aliphatic heterocycles. The second-order valence-corrected chi connectivity index (χ2v) is 8.06. The van der Waals surface area contributed by atoms with E-state index in [4.69, 9.17) is 4.74 Å². The summed E-state index contributed by atoms with van der Waals surface area (Å²) >= 11 is 0. The van der Waals surface area contributed by atoms with Crippen molar-refractivity contribution in [2.45, 2.75) is 43.4 Å². The molecule has 2 N–H and O–H groups in total. The number of rotatable bonds is 4. The number of nitrogens with one attached hydrogen (secondary N) is 1. The highest BCUT2D eigenvalue weighted by atomic mass is 19.4. The fourth-order valence-corrected chi connectivity index (χ4v) is 4.26. The molecular formula is C22H21F4NO2. The van der Waals surface area contributed by atoms with Gasteiger partial charge < -0.3 is 14.8 Å². The van der Waals surface area contributed by atoms with Crippen LogP contribution >= 0.6 is 0 Å². The quantitative estimate of drug-likeness (QED) is 0.579. The second-order valence-electron chi connectivity index (χ2n) is 8.06. The Labute approximate surface area is 165 Å². The zero-order valence-electron chi connectivity index (χ0n) is 15.8. The molecule has 3 aromatic rings. The SMILES string of the molecule is CC1(CC(O)(Cc2cc3ccccc3[nH]2)C(F)(F)F)CCOc2ccc(F)cc21. The summed E-state index contributed by atoms with van der Waals surface area (Å²) in [7, 11) is 0. The standard InChI is InChI=1S/C22H21F4NO2/c1-20(8-9-29-19-7-6-15(23)11-17(19)20)13-21(28,22(24,25)26)12-16-10-14-4-2-3-5-18(14)27-16/h2-7,10-11,27-28H,8-9,12-13H2,1H3. The van der Waals surface area contributed by atoms with Crippen LogP contribution in [0.25, 0.3) is 10.9 Å². The lowest BCUT2D eigenvalue weighted by atomic mass is 9.69. The van der Waals surface area contributed by atoms with Crippen molar-refractivity contribution in [3.63, 3.8) is 0 Å². The van der Waals surface area contributed by atoms with Crippen LogP contribution in [0.2, 0.25) is 0 Å². The number of aromatic amines is 1. The molecule has 2 unspecified atom stereocenters. The van der Waals surface area contributed by atoms with Gasteiger partial charge in [0.1, 0.15) is 11.6 Å². The lowest BCUT2D eigenvalue weighted by molar-refractivity contribution is -0.267. The first-order chi connectivity index (χ1) is 13.6. The van der Waals surface area contributed by atoms with E-state index < -0.39 is 35.9 Å². The predicted molar refractivity (Wildman–Crippen MR) is 101 cm³/mol. The molecule has 0 saturated heterocycles. The fraction of sp³-hybridized carbons (Fsp3) is 0.364. The number of hydrogen-bond donors (Lipinski definition) is 2. The first kappa shape index (κ1) is 19.8. The number of ether oxygens (including phenoxy) is 1. The van der Waals surface area contributed by atoms with E-state index >= 15 is 0 Å². The highest BCUT2D eigenvalue weighted by molar-refractivity contribution is 5.80. The molecule has 154 valence electrons. The summed E-state index contributed by atoms with van der Waals surface area (Å²) < 4.78 is 61.5. The third-order valence-corrected chi connectivity index (χ3v) is 5.78. The number of alkyl halides is 3. The van der Waals surface area contributed by atoms with Crippen LogP contribution in [0.5, 0.6) is 5.75 Å². The topological polar surface area (TPSA) is 45.2 Å². The highest BCUT2D eigenvalue weighted by Crippen LogP contribution is 2.48. The number of aromatic nitrogens is 1. The van der Waals surface area contributed by atoms with Crippen molar-refractivity contribution in [2.75, 3.05) is 6.61 Å². The monoisotopic (exact) mass is 407 g/mol. The van der Waals surface area contributed by atoms with Crippen molar-refractivity contribution in [3.8, 4) is 5.75 Å². The molecule has 0 aliphatic carbocycles. The van der Waals surface area contributed by atoms with Crippen molar-refractivity contribution in [2.24, 2.45) is 0 Å². The van der Waals surface area contributed by atoms with Crippen molar-refractivity contribution in [1.29, 1.82) is 0 Å². The third-order valence-electron chi connectivity index (χ3n) is 5.78. The van der Waals surface area contributed by atoms with Crippen LogP contribution in [-0.2, 0) is 11.8 Å². The number of halogens is 4. The molecule has 0 radical (unpaired) electrons. The van der Waals surface area contributed by atoms with Gasteiger partial charge in [-0.25, -0.2) is 4.39 Å². The number of fused-ring (bicyclic) bond motifs is 2. The van der Waals surface area contributed by atoms with E-state index in [0.717, 1.165) is 5.39 Å². The molecular weight excluding hydrogens is 386 g/mol. The van der Waals surface area contributed by atoms with E-state index in [9.17, 15) is 22.7 Å². The zero-order valence-corrected chi connectivity index (χ0v) is 15.8. The molecule has 0 fully saturated rings. The minimum absolute atomic E-state index is 0.204. The van der Waals surface area contributed by atoms with Gasteiger partial charge in [0.15, 0.2) is 5.60 Å². The number of hydrogen-bond acceptors (Lipinski definition) is 2. The number of aliphatic hydroxyl groups is 1. The Bertz CT molecular complexity index is 1010. The Morgan fingerprint density at radius 1 is 1.14 bits per heavy atom. The molecule has 2 heterocycles. The molecule has 2 atom stereocenters. The molecule has 0 spiro atoms. The third kappa shape index (κ3) is 3.59. The summed E-state index contributed by atoms with van der Waals surface area (Å²) in [4.78, 5) is 2.96. The van der Waals surface area contributed by atoms with Crippen LogP contribution in [0.3, 0.4) is 0 Å². The van der Waals surface area contributed by atoms with Crippen LogP contribution in [0.4, 0.5) is 17.6 Å². The maximum atomic E-state index is 14.1. The molecule has 3 nitrogen and oxygen atoms in total. The van der Waals surface area contributed by atoms with E-state index in [2.05, 4.69) is 4.98 Å². The van der Waals surface area contributed by atoms with E-state index in [1.54, 1.807) is 37.3 Å². The van der Waals surface area contributed by atoms with Crippen LogP contribution in [0, 0.1) is 5.82 Å². The van der Waals surface area contributed by atoms with Gasteiger partial charge in [0.25, 0.3) is 0 Å². The summed E-state index contributed by atoms with van der Waals surface area (Å²) in [5.74, 6) is -0.193. The average Bonchev–Trinajstić information content (AvgIpc) is 3.03. The summed E-state index contributed by atoms with van der Waals surface area (Å²) in [6.07, 6.45) is -5.83. The molecule has 2 aromatic carbocycles. The molecule has 4 rings (SSSR count). The first-order valence-corrected chi connectivity index (χ1v) is 9.38. The van der Waals surface area contributed by atoms with E-state index in [-0.39, 0.29) is 13.0 Å². The van der Waals surface area contributed by atoms with Gasteiger partial charge in [-0.15, -0.1) is 0 Å². The summed E-state index contributed by atoms with van der Waals surface area (Å²) in [5.41, 5.74) is -2.73. The van der Waals surface area contributed by atoms with Crippen molar-refractivity contribution < 1.29 is 27.4 Å². The minimum Gasteiger partial charge on any atom is -0.493 e. The fourth-order valence-electron chi connectivity index (χ4n) is 4.26. The van der Waals surface area contributed by atoms with Crippen LogP contribution < -0.4 is 4.74 Å². The normalized spacial score (nSPS) is 21.4. The van der Waals surface area contributed by atoms with E-state index in [1.807, 2.05) is 0 Å². The second kappa shape index (κ2) is 6.76. The Kier molecular flexibility index (Phi) is 4.61. The Hall–Kier alpha value is -2.54. The maximum Gasteiger partial charge on any atom is 0.417 e.